The number of carbonyl (C=O) groups excluding carboxylic acids is 1. The number of halogens is 3. The molecule has 0 bridgehead atoms. The molecule has 2 heterocycles. The average molecular weight is 496 g/mol. The molecule has 0 radical (unpaired) electrons. The van der Waals surface area contributed by atoms with E-state index >= 15 is 0 Å². The molecule has 0 atom stereocenters. The molecule has 10 heteroatoms. The maximum Gasteiger partial charge on any atom is 0.323 e. The number of benzene rings is 2. The molecule has 4 aromatic rings. The number of pyridine rings is 2. The molecule has 7 nitrogen and oxygen atoms in total. The van der Waals surface area contributed by atoms with Crippen LogP contribution in [-0.4, -0.2) is 22.6 Å². The van der Waals surface area contributed by atoms with Crippen molar-refractivity contribution in [2.24, 2.45) is 0 Å². The maximum absolute atomic E-state index is 14.7. The van der Waals surface area contributed by atoms with Crippen molar-refractivity contribution in [1.82, 2.24) is 9.55 Å². The lowest BCUT2D eigenvalue weighted by Gasteiger charge is -2.16. The predicted molar refractivity (Wildman–Crippen MR) is 133 cm³/mol. The predicted octanol–water partition coefficient (Wildman–Crippen LogP) is 5.88. The van der Waals surface area contributed by atoms with Crippen LogP contribution in [-0.2, 0) is 0 Å². The second kappa shape index (κ2) is 8.99. The molecule has 3 N–H and O–H groups in total. The van der Waals surface area contributed by atoms with Gasteiger partial charge < -0.3 is 16.0 Å². The summed E-state index contributed by atoms with van der Waals surface area (Å²) >= 11 is 6.34. The molecule has 178 valence electrons. The molecule has 0 aliphatic heterocycles. The summed E-state index contributed by atoms with van der Waals surface area (Å²) in [7, 11) is 1.75. The summed E-state index contributed by atoms with van der Waals surface area (Å²) in [6, 6.07) is 8.68. The van der Waals surface area contributed by atoms with E-state index in [0.29, 0.717) is 11.4 Å². The number of urea groups is 1. The first kappa shape index (κ1) is 22.8. The molecule has 1 aliphatic rings. The highest BCUT2D eigenvalue weighted by Crippen LogP contribution is 2.42. The molecule has 0 unspecified atom stereocenters. The number of amides is 2. The zero-order valence-electron chi connectivity index (χ0n) is 18.5. The molecular weight excluding hydrogens is 476 g/mol. The molecule has 0 saturated heterocycles. The molecule has 2 amide bonds. The molecule has 2 aromatic carbocycles. The second-order valence-corrected chi connectivity index (χ2v) is 8.68. The van der Waals surface area contributed by atoms with Crippen molar-refractivity contribution in [2.45, 2.75) is 18.8 Å². The van der Waals surface area contributed by atoms with Gasteiger partial charge in [0.2, 0.25) is 0 Å². The number of anilines is 3. The first-order valence-corrected chi connectivity index (χ1v) is 11.3. The summed E-state index contributed by atoms with van der Waals surface area (Å²) in [6.07, 6.45) is 5.06. The van der Waals surface area contributed by atoms with E-state index in [0.717, 1.165) is 35.7 Å². The third-order valence-corrected chi connectivity index (χ3v) is 6.11. The molecule has 5 rings (SSSR count). The van der Waals surface area contributed by atoms with E-state index in [1.807, 2.05) is 6.07 Å². The van der Waals surface area contributed by atoms with Gasteiger partial charge in [-0.1, -0.05) is 17.7 Å². The van der Waals surface area contributed by atoms with E-state index in [1.54, 1.807) is 19.4 Å². The SMILES string of the molecule is CNc1cc2c(C3CC3)c(=O)n(-c3cc(NC(=O)Nc4cccc(F)c4)c(F)cc3Cl)cc2cn1. The highest BCUT2D eigenvalue weighted by molar-refractivity contribution is 6.32. The van der Waals surface area contributed by atoms with Gasteiger partial charge in [-0.25, -0.2) is 18.6 Å². The minimum atomic E-state index is -0.787. The zero-order valence-corrected chi connectivity index (χ0v) is 19.3. The standard InChI is InChI=1S/C25H20ClF2N5O2/c1-29-22-8-17-14(11-30-22)12-33(24(34)23(17)13-5-6-13)21-10-20(19(28)9-18(21)26)32-25(35)31-16-4-2-3-15(27)7-16/h2-4,7-13,29H,5-6H2,1H3,(H2,31,32,35). The molecular formula is C25H20ClF2N5O2. The van der Waals surface area contributed by atoms with Gasteiger partial charge in [-0.15, -0.1) is 0 Å². The third-order valence-electron chi connectivity index (χ3n) is 5.81. The van der Waals surface area contributed by atoms with Crippen LogP contribution in [0, 0.1) is 11.6 Å². The fourth-order valence-corrected chi connectivity index (χ4v) is 4.24. The largest absolute Gasteiger partial charge is 0.373 e. The van der Waals surface area contributed by atoms with Crippen LogP contribution in [0.2, 0.25) is 5.02 Å². The van der Waals surface area contributed by atoms with Crippen molar-refractivity contribution < 1.29 is 13.6 Å². The van der Waals surface area contributed by atoms with Crippen LogP contribution in [0.15, 0.2) is 59.7 Å². The van der Waals surface area contributed by atoms with Gasteiger partial charge in [0.05, 0.1) is 16.4 Å². The van der Waals surface area contributed by atoms with Crippen LogP contribution < -0.4 is 21.5 Å². The number of carbonyl (C=O) groups is 1. The third kappa shape index (κ3) is 4.54. The molecule has 1 fully saturated rings. The summed E-state index contributed by atoms with van der Waals surface area (Å²) in [6.45, 7) is 0. The highest BCUT2D eigenvalue weighted by atomic mass is 35.5. The van der Waals surface area contributed by atoms with Crippen LogP contribution in [0.25, 0.3) is 16.5 Å². The number of rotatable bonds is 5. The van der Waals surface area contributed by atoms with Crippen molar-refractivity contribution in [1.29, 1.82) is 0 Å². The van der Waals surface area contributed by atoms with Gasteiger partial charge in [0, 0.05) is 36.1 Å². The Morgan fingerprint density at radius 3 is 2.66 bits per heavy atom. The Balaban J connectivity index is 1.55. The van der Waals surface area contributed by atoms with Gasteiger partial charge in [-0.2, -0.15) is 0 Å². The van der Waals surface area contributed by atoms with E-state index in [4.69, 9.17) is 11.6 Å². The van der Waals surface area contributed by atoms with Gasteiger partial charge >= 0.3 is 6.03 Å². The smallest absolute Gasteiger partial charge is 0.323 e. The number of fused-ring (bicyclic) bond motifs is 1. The summed E-state index contributed by atoms with van der Waals surface area (Å²) in [5.41, 5.74) is 0.602. The minimum Gasteiger partial charge on any atom is -0.373 e. The van der Waals surface area contributed by atoms with E-state index in [9.17, 15) is 18.4 Å². The van der Waals surface area contributed by atoms with Crippen molar-refractivity contribution in [2.75, 3.05) is 23.0 Å². The van der Waals surface area contributed by atoms with Crippen LogP contribution in [0.4, 0.5) is 30.8 Å². The van der Waals surface area contributed by atoms with Gasteiger partial charge in [-0.05, 0) is 60.5 Å². The molecule has 35 heavy (non-hydrogen) atoms. The Morgan fingerprint density at radius 1 is 1.14 bits per heavy atom. The number of hydrogen-bond donors (Lipinski definition) is 3. The number of aromatic nitrogens is 2. The second-order valence-electron chi connectivity index (χ2n) is 8.27. The van der Waals surface area contributed by atoms with Gasteiger partial charge in [-0.3, -0.25) is 9.36 Å². The Labute approximate surface area is 203 Å². The highest BCUT2D eigenvalue weighted by Gasteiger charge is 2.30. The number of hydrogen-bond acceptors (Lipinski definition) is 4. The van der Waals surface area contributed by atoms with E-state index in [1.165, 1.54) is 28.8 Å². The minimum absolute atomic E-state index is 0.00147. The Hall–Kier alpha value is -3.98. The van der Waals surface area contributed by atoms with Crippen LogP contribution in [0.1, 0.15) is 24.3 Å². The Kier molecular flexibility index (Phi) is 5.86. The Morgan fingerprint density at radius 2 is 1.94 bits per heavy atom. The van der Waals surface area contributed by atoms with Crippen molar-refractivity contribution in [3.05, 3.63) is 87.4 Å². The summed E-state index contributed by atoms with van der Waals surface area (Å²) in [4.78, 5) is 30.3. The fraction of sp³-hybridized carbons (Fsp3) is 0.160. The zero-order chi connectivity index (χ0) is 24.7. The fourth-order valence-electron chi connectivity index (χ4n) is 4.00. The number of nitrogens with zero attached hydrogens (tertiary/aromatic N) is 2. The quantitative estimate of drug-likeness (QED) is 0.322. The first-order valence-electron chi connectivity index (χ1n) is 10.9. The number of nitrogens with one attached hydrogen (secondary N) is 3. The van der Waals surface area contributed by atoms with Gasteiger partial charge in [0.25, 0.3) is 5.56 Å². The van der Waals surface area contributed by atoms with Crippen LogP contribution in [0.3, 0.4) is 0 Å². The lowest BCUT2D eigenvalue weighted by Crippen LogP contribution is -2.23. The molecule has 0 spiro atoms. The van der Waals surface area contributed by atoms with Crippen LogP contribution >= 0.6 is 11.6 Å². The van der Waals surface area contributed by atoms with Crippen molar-refractivity contribution in [3.8, 4) is 5.69 Å². The van der Waals surface area contributed by atoms with E-state index < -0.39 is 17.7 Å². The van der Waals surface area contributed by atoms with E-state index in [2.05, 4.69) is 20.9 Å². The lowest BCUT2D eigenvalue weighted by molar-refractivity contribution is 0.262. The topological polar surface area (TPSA) is 88.0 Å². The summed E-state index contributed by atoms with van der Waals surface area (Å²) in [5, 5.41) is 9.35. The molecule has 1 aliphatic carbocycles. The van der Waals surface area contributed by atoms with Crippen LogP contribution in [0.5, 0.6) is 0 Å². The summed E-state index contributed by atoms with van der Waals surface area (Å²) < 4.78 is 29.4. The normalized spacial score (nSPS) is 13.0. The monoisotopic (exact) mass is 495 g/mol. The molecule has 1 saturated carbocycles. The summed E-state index contributed by atoms with van der Waals surface area (Å²) in [5.74, 6) is -0.545. The van der Waals surface area contributed by atoms with Crippen molar-refractivity contribution >= 4 is 45.6 Å². The average Bonchev–Trinajstić information content (AvgIpc) is 3.65. The molecule has 2 aromatic heterocycles. The Bertz CT molecular complexity index is 1530. The van der Waals surface area contributed by atoms with Gasteiger partial charge in [0.15, 0.2) is 0 Å². The van der Waals surface area contributed by atoms with Crippen molar-refractivity contribution in [3.63, 3.8) is 0 Å². The van der Waals surface area contributed by atoms with E-state index in [-0.39, 0.29) is 33.6 Å². The maximum atomic E-state index is 14.7. The first-order chi connectivity index (χ1) is 16.8. The lowest BCUT2D eigenvalue weighted by atomic mass is 10.0. The van der Waals surface area contributed by atoms with Gasteiger partial charge in [0.1, 0.15) is 17.5 Å².